The van der Waals surface area contributed by atoms with Gasteiger partial charge in [0.25, 0.3) is 0 Å². The van der Waals surface area contributed by atoms with E-state index in [1.807, 2.05) is 0 Å². The van der Waals surface area contributed by atoms with E-state index < -0.39 is 11.9 Å². The zero-order valence-corrected chi connectivity index (χ0v) is 14.9. The van der Waals surface area contributed by atoms with Crippen molar-refractivity contribution < 1.29 is 29.0 Å². The van der Waals surface area contributed by atoms with E-state index in [1.54, 1.807) is 31.2 Å². The molecule has 0 amide bonds. The Labute approximate surface area is 152 Å². The maximum Gasteiger partial charge on any atom is 0.342 e. The molecule has 0 bridgehead atoms. The number of benzene rings is 1. The van der Waals surface area contributed by atoms with Crippen LogP contribution in [0.15, 0.2) is 29.9 Å². The maximum atomic E-state index is 12.4. The number of allylic oxidation sites excluding steroid dienone is 2. The summed E-state index contributed by atoms with van der Waals surface area (Å²) in [5.74, 6) is -1.00. The highest BCUT2D eigenvalue weighted by atomic mass is 16.5. The van der Waals surface area contributed by atoms with E-state index in [-0.39, 0.29) is 36.5 Å². The van der Waals surface area contributed by atoms with Gasteiger partial charge in [-0.25, -0.2) is 4.79 Å². The molecule has 1 aliphatic rings. The molecule has 1 aliphatic heterocycles. The molecule has 1 aromatic rings. The van der Waals surface area contributed by atoms with Gasteiger partial charge in [-0.2, -0.15) is 0 Å². The van der Waals surface area contributed by atoms with Gasteiger partial charge in [0.1, 0.15) is 35.7 Å². The van der Waals surface area contributed by atoms with Gasteiger partial charge in [-0.3, -0.25) is 4.79 Å². The average Bonchev–Trinajstić information content (AvgIpc) is 2.62. The summed E-state index contributed by atoms with van der Waals surface area (Å²) in [5.41, 5.74) is 1.17. The molecule has 1 heterocycles. The molecule has 0 aliphatic carbocycles. The van der Waals surface area contributed by atoms with Crippen molar-refractivity contribution in [2.24, 2.45) is 5.92 Å². The van der Waals surface area contributed by atoms with Crippen molar-refractivity contribution in [2.75, 3.05) is 13.7 Å². The second kappa shape index (κ2) is 8.99. The first-order valence-electron chi connectivity index (χ1n) is 8.32. The average molecular weight is 358 g/mol. The van der Waals surface area contributed by atoms with E-state index in [9.17, 15) is 19.5 Å². The number of phenolic OH excluding ortho intramolecular Hbond substituents is 1. The van der Waals surface area contributed by atoms with E-state index >= 15 is 0 Å². The fraction of sp³-hybridized carbons (Fsp3) is 0.350. The number of carbonyl (C=O) groups excluding carboxylic acids is 3. The van der Waals surface area contributed by atoms with Gasteiger partial charge in [-0.05, 0) is 30.5 Å². The first-order valence-corrected chi connectivity index (χ1v) is 8.32. The summed E-state index contributed by atoms with van der Waals surface area (Å²) in [6.45, 7) is 1.76. The maximum absolute atomic E-state index is 12.4. The molecule has 6 nitrogen and oxygen atoms in total. The number of rotatable bonds is 2. The van der Waals surface area contributed by atoms with Crippen LogP contribution in [-0.2, 0) is 14.3 Å². The predicted molar refractivity (Wildman–Crippen MR) is 96.1 cm³/mol. The topological polar surface area (TPSA) is 89.9 Å². The summed E-state index contributed by atoms with van der Waals surface area (Å²) < 4.78 is 10.4. The van der Waals surface area contributed by atoms with Gasteiger partial charge in [-0.15, -0.1) is 0 Å². The number of aromatic hydroxyl groups is 1. The van der Waals surface area contributed by atoms with Crippen molar-refractivity contribution in [3.63, 3.8) is 0 Å². The lowest BCUT2D eigenvalue weighted by Gasteiger charge is -2.13. The molecule has 1 N–H and O–H groups in total. The summed E-state index contributed by atoms with van der Waals surface area (Å²) in [7, 11) is 1.45. The molecule has 1 atom stereocenters. The highest BCUT2D eigenvalue weighted by Gasteiger charge is 2.19. The Morgan fingerprint density at radius 2 is 2.08 bits per heavy atom. The minimum atomic E-state index is -0.673. The Morgan fingerprint density at radius 3 is 2.77 bits per heavy atom. The van der Waals surface area contributed by atoms with Crippen molar-refractivity contribution in [3.05, 3.63) is 41.0 Å². The van der Waals surface area contributed by atoms with Crippen LogP contribution in [0.5, 0.6) is 11.5 Å². The van der Waals surface area contributed by atoms with Gasteiger partial charge in [0.15, 0.2) is 0 Å². The minimum Gasteiger partial charge on any atom is -0.507 e. The minimum absolute atomic E-state index is 0.0118. The smallest absolute Gasteiger partial charge is 0.342 e. The molecule has 0 spiro atoms. The Kier molecular flexibility index (Phi) is 6.72. The number of phenols is 1. The van der Waals surface area contributed by atoms with Crippen molar-refractivity contribution in [1.82, 2.24) is 0 Å². The largest absolute Gasteiger partial charge is 0.507 e. The molecule has 26 heavy (non-hydrogen) atoms. The van der Waals surface area contributed by atoms with Gasteiger partial charge in [0, 0.05) is 24.8 Å². The van der Waals surface area contributed by atoms with Crippen LogP contribution in [-0.4, -0.2) is 36.9 Å². The van der Waals surface area contributed by atoms with Gasteiger partial charge in [0.05, 0.1) is 7.11 Å². The van der Waals surface area contributed by atoms with E-state index in [4.69, 9.17) is 9.47 Å². The number of aldehydes is 1. The molecular weight excluding hydrogens is 336 g/mol. The van der Waals surface area contributed by atoms with Crippen LogP contribution in [0.4, 0.5) is 0 Å². The SMILES string of the molecule is COc1cc(O)c2c(c1)C=CCC(C=O)CC(=O)CC=C(C)COC2=O. The zero-order valence-electron chi connectivity index (χ0n) is 14.9. The molecule has 0 saturated heterocycles. The normalized spacial score (nSPS) is 19.0. The lowest BCUT2D eigenvalue weighted by atomic mass is 9.97. The monoisotopic (exact) mass is 358 g/mol. The number of hydrogen-bond donors (Lipinski definition) is 1. The quantitative estimate of drug-likeness (QED) is 0.496. The molecule has 6 heteroatoms. The van der Waals surface area contributed by atoms with E-state index in [2.05, 4.69) is 0 Å². The highest BCUT2D eigenvalue weighted by molar-refractivity contribution is 5.97. The summed E-state index contributed by atoms with van der Waals surface area (Å²) >= 11 is 0. The molecule has 0 saturated carbocycles. The Morgan fingerprint density at radius 1 is 1.31 bits per heavy atom. The summed E-state index contributed by atoms with van der Waals surface area (Å²) in [6.07, 6.45) is 6.48. The summed E-state index contributed by atoms with van der Waals surface area (Å²) in [6, 6.07) is 2.94. The van der Waals surface area contributed by atoms with Crippen molar-refractivity contribution in [3.8, 4) is 11.5 Å². The van der Waals surface area contributed by atoms with Gasteiger partial charge in [-0.1, -0.05) is 18.2 Å². The number of carbonyl (C=O) groups is 3. The lowest BCUT2D eigenvalue weighted by Crippen LogP contribution is -2.11. The van der Waals surface area contributed by atoms with Gasteiger partial charge in [0.2, 0.25) is 0 Å². The van der Waals surface area contributed by atoms with Crippen LogP contribution in [0, 0.1) is 5.92 Å². The standard InChI is InChI=1S/C20H22O6/c1-13-6-7-16(22)8-14(11-21)4-3-5-15-9-17(25-2)10-18(23)19(15)20(24)26-12-13/h3,5-6,9-11,14,23H,4,7-8,12H2,1-2H3. The zero-order chi connectivity index (χ0) is 19.1. The molecule has 138 valence electrons. The third kappa shape index (κ3) is 5.05. The number of cyclic esters (lactones) is 1. The van der Waals surface area contributed by atoms with Crippen LogP contribution in [0.1, 0.15) is 42.1 Å². The van der Waals surface area contributed by atoms with Gasteiger partial charge >= 0.3 is 5.97 Å². The fourth-order valence-corrected chi connectivity index (χ4v) is 2.62. The number of hydrogen-bond acceptors (Lipinski definition) is 6. The lowest BCUT2D eigenvalue weighted by molar-refractivity contribution is -0.122. The number of ether oxygens (including phenoxy) is 2. The Bertz CT molecular complexity index is 760. The van der Waals surface area contributed by atoms with E-state index in [0.29, 0.717) is 17.7 Å². The van der Waals surface area contributed by atoms with Crippen LogP contribution >= 0.6 is 0 Å². The summed E-state index contributed by atoms with van der Waals surface area (Å²) in [5, 5.41) is 10.2. The predicted octanol–water partition coefficient (Wildman–Crippen LogP) is 3.09. The Balaban J connectivity index is 2.44. The Hall–Kier alpha value is -2.89. The van der Waals surface area contributed by atoms with Crippen molar-refractivity contribution in [1.29, 1.82) is 0 Å². The highest BCUT2D eigenvalue weighted by Crippen LogP contribution is 2.30. The first-order chi connectivity index (χ1) is 12.4. The number of esters is 1. The van der Waals surface area contributed by atoms with Crippen LogP contribution in [0.2, 0.25) is 0 Å². The number of ketones is 1. The van der Waals surface area contributed by atoms with E-state index in [0.717, 1.165) is 11.9 Å². The molecule has 0 fully saturated rings. The summed E-state index contributed by atoms with van der Waals surface area (Å²) in [4.78, 5) is 35.6. The van der Waals surface area contributed by atoms with Crippen LogP contribution < -0.4 is 4.74 Å². The molecular formula is C20H22O6. The molecule has 2 rings (SSSR count). The second-order valence-corrected chi connectivity index (χ2v) is 6.22. The van der Waals surface area contributed by atoms with Gasteiger partial charge < -0.3 is 19.4 Å². The van der Waals surface area contributed by atoms with Crippen LogP contribution in [0.3, 0.4) is 0 Å². The second-order valence-electron chi connectivity index (χ2n) is 6.22. The number of fused-ring (bicyclic) bond motifs is 1. The van der Waals surface area contributed by atoms with Crippen LogP contribution in [0.25, 0.3) is 6.08 Å². The van der Waals surface area contributed by atoms with Crippen molar-refractivity contribution in [2.45, 2.75) is 26.2 Å². The third-order valence-corrected chi connectivity index (χ3v) is 4.09. The molecule has 0 aromatic heterocycles. The third-order valence-electron chi connectivity index (χ3n) is 4.09. The number of methoxy groups -OCH3 is 1. The molecule has 1 aromatic carbocycles. The number of Topliss-reactive ketones (excluding diaryl/α,β-unsaturated/α-hetero) is 1. The molecule has 1 unspecified atom stereocenters. The van der Waals surface area contributed by atoms with Crippen molar-refractivity contribution >= 4 is 24.1 Å². The first kappa shape index (κ1) is 19.4. The van der Waals surface area contributed by atoms with E-state index in [1.165, 1.54) is 13.2 Å². The molecule has 0 radical (unpaired) electrons. The fourth-order valence-electron chi connectivity index (χ4n) is 2.62.